The SMILES string of the molecule is COc1ccc(Oc2ccc([N+](=O)[O-])cc2-c2nnn(C(c3ccccc3)(c3ccccc3)c3ccccc3)n2)cc1OC. The largest absolute Gasteiger partial charge is 0.493 e. The van der Waals surface area contributed by atoms with Gasteiger partial charge in [-0.2, -0.15) is 0 Å². The Balaban J connectivity index is 1.54. The summed E-state index contributed by atoms with van der Waals surface area (Å²) in [6.45, 7) is 0. The van der Waals surface area contributed by atoms with Gasteiger partial charge >= 0.3 is 0 Å². The van der Waals surface area contributed by atoms with Crippen LogP contribution in [0.4, 0.5) is 5.69 Å². The molecule has 10 nitrogen and oxygen atoms in total. The van der Waals surface area contributed by atoms with Crippen molar-refractivity contribution in [3.63, 3.8) is 0 Å². The van der Waals surface area contributed by atoms with E-state index in [4.69, 9.17) is 19.3 Å². The maximum absolute atomic E-state index is 11.8. The van der Waals surface area contributed by atoms with E-state index in [2.05, 4.69) is 10.3 Å². The minimum Gasteiger partial charge on any atom is -0.493 e. The van der Waals surface area contributed by atoms with Crippen LogP contribution in [0, 0.1) is 10.1 Å². The van der Waals surface area contributed by atoms with Gasteiger partial charge in [-0.15, -0.1) is 15.0 Å². The molecule has 0 saturated carbocycles. The highest BCUT2D eigenvalue weighted by molar-refractivity contribution is 5.68. The normalized spacial score (nSPS) is 11.1. The van der Waals surface area contributed by atoms with Gasteiger partial charge in [-0.25, -0.2) is 0 Å². The fourth-order valence-corrected chi connectivity index (χ4v) is 5.25. The molecule has 0 unspecified atom stereocenters. The van der Waals surface area contributed by atoms with Crippen LogP contribution in [0.25, 0.3) is 11.4 Å². The van der Waals surface area contributed by atoms with E-state index >= 15 is 0 Å². The first-order chi connectivity index (χ1) is 21.5. The first-order valence-corrected chi connectivity index (χ1v) is 13.7. The molecule has 6 aromatic rings. The molecule has 0 atom stereocenters. The Bertz CT molecular complexity index is 1800. The van der Waals surface area contributed by atoms with Crippen LogP contribution >= 0.6 is 0 Å². The highest BCUT2D eigenvalue weighted by Gasteiger charge is 2.41. The Hall–Kier alpha value is -6.03. The van der Waals surface area contributed by atoms with Gasteiger partial charge in [0.05, 0.1) is 24.7 Å². The second-order valence-corrected chi connectivity index (χ2v) is 9.77. The molecular formula is C34H27N5O5. The van der Waals surface area contributed by atoms with Crippen molar-refractivity contribution in [3.8, 4) is 34.4 Å². The standard InChI is InChI=1S/C34H27N5O5/c1-42-31-21-19-28(23-32(31)43-2)44-30-20-18-27(38(40)41)22-29(30)33-35-37-39(36-33)34(24-12-6-3-7-13-24,25-14-8-4-9-15-25)26-16-10-5-11-17-26/h3-23H,1-2H3. The predicted molar refractivity (Wildman–Crippen MR) is 164 cm³/mol. The summed E-state index contributed by atoms with van der Waals surface area (Å²) in [4.78, 5) is 12.9. The number of tetrazole rings is 1. The maximum Gasteiger partial charge on any atom is 0.270 e. The molecule has 0 fully saturated rings. The van der Waals surface area contributed by atoms with Gasteiger partial charge in [-0.1, -0.05) is 91.0 Å². The fraction of sp³-hybridized carbons (Fsp3) is 0.0882. The highest BCUT2D eigenvalue weighted by atomic mass is 16.6. The molecule has 1 aromatic heterocycles. The number of nitrogens with zero attached hydrogens (tertiary/aromatic N) is 5. The van der Waals surface area contributed by atoms with Gasteiger partial charge < -0.3 is 14.2 Å². The molecule has 6 rings (SSSR count). The van der Waals surface area contributed by atoms with E-state index in [0.29, 0.717) is 28.6 Å². The molecule has 0 radical (unpaired) electrons. The maximum atomic E-state index is 11.8. The Kier molecular flexibility index (Phi) is 7.71. The van der Waals surface area contributed by atoms with Crippen LogP contribution in [-0.2, 0) is 5.54 Å². The summed E-state index contributed by atoms with van der Waals surface area (Å²) in [5.74, 6) is 1.88. The lowest BCUT2D eigenvalue weighted by atomic mass is 9.77. The van der Waals surface area contributed by atoms with Crippen LogP contribution in [0.2, 0.25) is 0 Å². The van der Waals surface area contributed by atoms with Gasteiger partial charge in [0, 0.05) is 18.2 Å². The summed E-state index contributed by atoms with van der Waals surface area (Å²) in [7, 11) is 3.07. The van der Waals surface area contributed by atoms with Crippen molar-refractivity contribution in [1.29, 1.82) is 0 Å². The van der Waals surface area contributed by atoms with Crippen LogP contribution < -0.4 is 14.2 Å². The molecule has 5 aromatic carbocycles. The number of non-ortho nitro benzene ring substituents is 1. The molecular weight excluding hydrogens is 558 g/mol. The first kappa shape index (κ1) is 28.1. The first-order valence-electron chi connectivity index (χ1n) is 13.7. The van der Waals surface area contributed by atoms with E-state index in [9.17, 15) is 10.1 Å². The topological polar surface area (TPSA) is 114 Å². The zero-order chi connectivity index (χ0) is 30.5. The number of nitro benzene ring substituents is 1. The second kappa shape index (κ2) is 12.1. The lowest BCUT2D eigenvalue weighted by Crippen LogP contribution is -2.39. The van der Waals surface area contributed by atoms with E-state index in [1.54, 1.807) is 30.1 Å². The number of hydrogen-bond acceptors (Lipinski definition) is 8. The third-order valence-corrected chi connectivity index (χ3v) is 7.29. The summed E-state index contributed by atoms with van der Waals surface area (Å²) < 4.78 is 17.0. The molecule has 0 saturated heterocycles. The molecule has 218 valence electrons. The number of nitro groups is 1. The molecule has 44 heavy (non-hydrogen) atoms. The van der Waals surface area contributed by atoms with Crippen molar-refractivity contribution in [1.82, 2.24) is 20.2 Å². The zero-order valence-electron chi connectivity index (χ0n) is 23.9. The van der Waals surface area contributed by atoms with Crippen LogP contribution in [0.3, 0.4) is 0 Å². The number of rotatable bonds is 10. The predicted octanol–water partition coefficient (Wildman–Crippen LogP) is 6.90. The minimum atomic E-state index is -1.01. The van der Waals surface area contributed by atoms with Crippen molar-refractivity contribution in [3.05, 3.63) is 154 Å². The minimum absolute atomic E-state index is 0.142. The summed E-state index contributed by atoms with van der Waals surface area (Å²) in [6.07, 6.45) is 0. The molecule has 0 N–H and O–H groups in total. The molecule has 1 heterocycles. The van der Waals surface area contributed by atoms with Gasteiger partial charge in [-0.05, 0) is 40.1 Å². The number of methoxy groups -OCH3 is 2. The summed E-state index contributed by atoms with van der Waals surface area (Å²) >= 11 is 0. The Labute approximate surface area is 253 Å². The molecule has 0 aliphatic rings. The summed E-state index contributed by atoms with van der Waals surface area (Å²) in [5, 5.41) is 25.7. The van der Waals surface area contributed by atoms with Crippen LogP contribution in [0.15, 0.2) is 127 Å². The van der Waals surface area contributed by atoms with Crippen molar-refractivity contribution >= 4 is 5.69 Å². The van der Waals surface area contributed by atoms with Gasteiger partial charge in [0.2, 0.25) is 5.82 Å². The lowest BCUT2D eigenvalue weighted by molar-refractivity contribution is -0.384. The quantitative estimate of drug-likeness (QED) is 0.0969. The summed E-state index contributed by atoms with van der Waals surface area (Å²) in [5.41, 5.74) is 1.85. The molecule has 0 aliphatic carbocycles. The van der Waals surface area contributed by atoms with Crippen LogP contribution in [0.1, 0.15) is 16.7 Å². The van der Waals surface area contributed by atoms with E-state index < -0.39 is 10.5 Å². The van der Waals surface area contributed by atoms with Crippen molar-refractivity contribution in [2.45, 2.75) is 5.54 Å². The lowest BCUT2D eigenvalue weighted by Gasteiger charge is -2.34. The van der Waals surface area contributed by atoms with E-state index in [1.807, 2.05) is 91.0 Å². The van der Waals surface area contributed by atoms with Gasteiger partial charge in [0.25, 0.3) is 5.69 Å². The van der Waals surface area contributed by atoms with E-state index in [0.717, 1.165) is 16.7 Å². The van der Waals surface area contributed by atoms with Crippen molar-refractivity contribution in [2.24, 2.45) is 0 Å². The van der Waals surface area contributed by atoms with Gasteiger partial charge in [0.15, 0.2) is 17.0 Å². The van der Waals surface area contributed by atoms with Crippen molar-refractivity contribution in [2.75, 3.05) is 14.2 Å². The molecule has 0 spiro atoms. The van der Waals surface area contributed by atoms with E-state index in [1.165, 1.54) is 25.3 Å². The number of benzene rings is 5. The Morgan fingerprint density at radius 2 is 1.23 bits per heavy atom. The van der Waals surface area contributed by atoms with Gasteiger partial charge in [0.1, 0.15) is 11.5 Å². The smallest absolute Gasteiger partial charge is 0.270 e. The average molecular weight is 586 g/mol. The molecule has 0 aliphatic heterocycles. The number of aromatic nitrogens is 4. The third-order valence-electron chi connectivity index (χ3n) is 7.29. The average Bonchev–Trinajstić information content (AvgIpc) is 3.57. The second-order valence-electron chi connectivity index (χ2n) is 9.77. The van der Waals surface area contributed by atoms with E-state index in [-0.39, 0.29) is 11.5 Å². The molecule has 10 heteroatoms. The fourth-order valence-electron chi connectivity index (χ4n) is 5.25. The Morgan fingerprint density at radius 1 is 0.682 bits per heavy atom. The number of ether oxygens (including phenoxy) is 3. The summed E-state index contributed by atoms with van der Waals surface area (Å²) in [6, 6.07) is 39.1. The monoisotopic (exact) mass is 585 g/mol. The van der Waals surface area contributed by atoms with Gasteiger partial charge in [-0.3, -0.25) is 10.1 Å². The van der Waals surface area contributed by atoms with Crippen LogP contribution in [0.5, 0.6) is 23.0 Å². The molecule has 0 amide bonds. The highest BCUT2D eigenvalue weighted by Crippen LogP contribution is 2.41. The number of hydrogen-bond donors (Lipinski definition) is 0. The Morgan fingerprint density at radius 3 is 1.75 bits per heavy atom. The molecule has 0 bridgehead atoms. The van der Waals surface area contributed by atoms with Crippen LogP contribution in [-0.4, -0.2) is 39.4 Å². The third kappa shape index (κ3) is 5.09. The van der Waals surface area contributed by atoms with Crippen molar-refractivity contribution < 1.29 is 19.1 Å². The zero-order valence-corrected chi connectivity index (χ0v) is 23.9.